The number of aryl methyl sites for hydroxylation is 1. The summed E-state index contributed by atoms with van der Waals surface area (Å²) in [5, 5.41) is 7.78. The molecule has 0 saturated carbocycles. The van der Waals surface area contributed by atoms with E-state index in [2.05, 4.69) is 34.1 Å². The molecule has 0 atom stereocenters. The Balaban J connectivity index is 1.26. The summed E-state index contributed by atoms with van der Waals surface area (Å²) >= 11 is 0. The van der Waals surface area contributed by atoms with E-state index in [1.165, 1.54) is 17.7 Å². The van der Waals surface area contributed by atoms with E-state index in [1.807, 2.05) is 24.3 Å². The van der Waals surface area contributed by atoms with Crippen molar-refractivity contribution in [3.05, 3.63) is 71.7 Å². The Morgan fingerprint density at radius 1 is 0.906 bits per heavy atom. The molecule has 0 fully saturated rings. The predicted molar refractivity (Wildman–Crippen MR) is 112 cm³/mol. The molecule has 2 aromatic carbocycles. The summed E-state index contributed by atoms with van der Waals surface area (Å²) in [6.45, 7) is 4.12. The van der Waals surface area contributed by atoms with Gasteiger partial charge in [0.1, 0.15) is 5.82 Å². The van der Waals surface area contributed by atoms with Crippen molar-refractivity contribution in [2.45, 2.75) is 39.2 Å². The van der Waals surface area contributed by atoms with Crippen molar-refractivity contribution in [1.82, 2.24) is 20.3 Å². The Hall–Kier alpha value is -3.88. The second-order valence-electron chi connectivity index (χ2n) is 7.47. The van der Waals surface area contributed by atoms with Crippen LogP contribution in [0.2, 0.25) is 0 Å². The summed E-state index contributed by atoms with van der Waals surface area (Å²) in [4.78, 5) is 20.5. The molecular weight excluding hydrogens is 415 g/mol. The third-order valence-corrected chi connectivity index (χ3v) is 4.77. The predicted octanol–water partition coefficient (Wildman–Crippen LogP) is 4.73. The maximum Gasteiger partial charge on any atom is 0.306 e. The molecule has 8 nitrogen and oxygen atoms in total. The first-order valence-electron chi connectivity index (χ1n) is 10.1. The van der Waals surface area contributed by atoms with Gasteiger partial charge < -0.3 is 13.8 Å². The summed E-state index contributed by atoms with van der Waals surface area (Å²) < 4.78 is 28.5. The molecule has 0 N–H and O–H groups in total. The fraction of sp³-hybridized carbons (Fsp3) is 0.261. The fourth-order valence-electron chi connectivity index (χ4n) is 2.94. The van der Waals surface area contributed by atoms with Gasteiger partial charge >= 0.3 is 5.97 Å². The van der Waals surface area contributed by atoms with Crippen LogP contribution in [-0.4, -0.2) is 26.3 Å². The van der Waals surface area contributed by atoms with Crippen LogP contribution in [0.25, 0.3) is 22.8 Å². The van der Waals surface area contributed by atoms with E-state index in [0.29, 0.717) is 23.1 Å². The molecule has 0 aliphatic heterocycles. The number of hydrogen-bond acceptors (Lipinski definition) is 8. The molecule has 0 radical (unpaired) electrons. The number of ether oxygens (including phenoxy) is 1. The molecule has 0 aliphatic carbocycles. The van der Waals surface area contributed by atoms with Gasteiger partial charge in [0.25, 0.3) is 5.89 Å². The van der Waals surface area contributed by atoms with Gasteiger partial charge in [0.05, 0.1) is 6.42 Å². The molecule has 0 saturated heterocycles. The number of esters is 1. The van der Waals surface area contributed by atoms with Crippen LogP contribution in [0.3, 0.4) is 0 Å². The largest absolute Gasteiger partial charge is 0.456 e. The van der Waals surface area contributed by atoms with Crippen molar-refractivity contribution >= 4 is 5.97 Å². The van der Waals surface area contributed by atoms with Crippen LogP contribution >= 0.6 is 0 Å². The first-order valence-corrected chi connectivity index (χ1v) is 10.1. The van der Waals surface area contributed by atoms with Crippen molar-refractivity contribution in [2.75, 3.05) is 0 Å². The quantitative estimate of drug-likeness (QED) is 0.365. The molecule has 9 heteroatoms. The Morgan fingerprint density at radius 2 is 1.47 bits per heavy atom. The molecule has 0 spiro atoms. The third kappa shape index (κ3) is 5.23. The fourth-order valence-corrected chi connectivity index (χ4v) is 2.94. The van der Waals surface area contributed by atoms with E-state index in [9.17, 15) is 9.18 Å². The second kappa shape index (κ2) is 9.51. The first kappa shape index (κ1) is 21.4. The van der Waals surface area contributed by atoms with E-state index in [-0.39, 0.29) is 37.0 Å². The zero-order valence-electron chi connectivity index (χ0n) is 17.6. The number of halogens is 1. The monoisotopic (exact) mass is 436 g/mol. The van der Waals surface area contributed by atoms with Gasteiger partial charge in [-0.2, -0.15) is 9.97 Å². The molecule has 4 rings (SSSR count). The van der Waals surface area contributed by atoms with Gasteiger partial charge in [-0.05, 0) is 35.7 Å². The van der Waals surface area contributed by atoms with Gasteiger partial charge in [-0.3, -0.25) is 4.79 Å². The highest BCUT2D eigenvalue weighted by Gasteiger charge is 2.14. The summed E-state index contributed by atoms with van der Waals surface area (Å²) in [6, 6.07) is 13.6. The number of carbonyl (C=O) groups is 1. The van der Waals surface area contributed by atoms with E-state index in [4.69, 9.17) is 13.8 Å². The molecule has 0 unspecified atom stereocenters. The number of rotatable bonds is 8. The van der Waals surface area contributed by atoms with Gasteiger partial charge in [0.15, 0.2) is 6.61 Å². The topological polar surface area (TPSA) is 104 Å². The molecule has 164 valence electrons. The van der Waals surface area contributed by atoms with Crippen LogP contribution < -0.4 is 0 Å². The molecule has 0 amide bonds. The molecule has 2 aromatic heterocycles. The number of nitrogens with zero attached hydrogens (tertiary/aromatic N) is 4. The highest BCUT2D eigenvalue weighted by molar-refractivity contribution is 5.69. The van der Waals surface area contributed by atoms with Crippen molar-refractivity contribution in [1.29, 1.82) is 0 Å². The smallest absolute Gasteiger partial charge is 0.306 e. The lowest BCUT2D eigenvalue weighted by atomic mass is 10.0. The van der Waals surface area contributed by atoms with Gasteiger partial charge in [-0.25, -0.2) is 4.39 Å². The number of benzene rings is 2. The van der Waals surface area contributed by atoms with Crippen LogP contribution in [-0.2, 0) is 22.6 Å². The lowest BCUT2D eigenvalue weighted by molar-refractivity contribution is -0.145. The van der Waals surface area contributed by atoms with E-state index in [0.717, 1.165) is 5.56 Å². The molecule has 0 aliphatic rings. The molecule has 32 heavy (non-hydrogen) atoms. The zero-order chi connectivity index (χ0) is 22.5. The third-order valence-electron chi connectivity index (χ3n) is 4.77. The minimum Gasteiger partial charge on any atom is -0.456 e. The Labute approximate surface area is 183 Å². The average molecular weight is 436 g/mol. The van der Waals surface area contributed by atoms with Crippen molar-refractivity contribution in [2.24, 2.45) is 0 Å². The van der Waals surface area contributed by atoms with Gasteiger partial charge in [0.2, 0.25) is 17.5 Å². The van der Waals surface area contributed by atoms with Crippen LogP contribution in [0.4, 0.5) is 4.39 Å². The Morgan fingerprint density at radius 3 is 2.09 bits per heavy atom. The number of aromatic nitrogens is 4. The van der Waals surface area contributed by atoms with Gasteiger partial charge in [0, 0.05) is 17.5 Å². The lowest BCUT2D eigenvalue weighted by Gasteiger charge is -2.04. The molecule has 4 aromatic rings. The van der Waals surface area contributed by atoms with Gasteiger partial charge in [-0.1, -0.05) is 48.4 Å². The van der Waals surface area contributed by atoms with Gasteiger partial charge in [-0.15, -0.1) is 0 Å². The number of carbonyl (C=O) groups excluding carboxylic acids is 1. The minimum atomic E-state index is -0.465. The van der Waals surface area contributed by atoms with Crippen LogP contribution in [0.5, 0.6) is 0 Å². The maximum atomic E-state index is 13.0. The summed E-state index contributed by atoms with van der Waals surface area (Å²) in [5.41, 5.74) is 2.66. The summed E-state index contributed by atoms with van der Waals surface area (Å²) in [7, 11) is 0. The van der Waals surface area contributed by atoms with Crippen LogP contribution in [0.15, 0.2) is 57.6 Å². The Bertz CT molecular complexity index is 1180. The molecular formula is C23H21FN4O4. The average Bonchev–Trinajstić information content (AvgIpc) is 3.47. The standard InChI is InChI=1S/C23H21FN4O4/c1-14(2)15-3-5-16(6-4-15)23-26-20(32-28-23)13-30-21(29)12-11-19-25-22(27-31-19)17-7-9-18(24)10-8-17/h3-10,14H,11-13H2,1-2H3. The zero-order valence-corrected chi connectivity index (χ0v) is 17.6. The second-order valence-corrected chi connectivity index (χ2v) is 7.47. The molecule has 2 heterocycles. The van der Waals surface area contributed by atoms with E-state index in [1.54, 1.807) is 12.1 Å². The number of hydrogen-bond donors (Lipinski definition) is 0. The van der Waals surface area contributed by atoms with Crippen molar-refractivity contribution in [3.63, 3.8) is 0 Å². The summed E-state index contributed by atoms with van der Waals surface area (Å²) in [5.74, 6) is 0.874. The lowest BCUT2D eigenvalue weighted by Crippen LogP contribution is -2.06. The highest BCUT2D eigenvalue weighted by Crippen LogP contribution is 2.21. The maximum absolute atomic E-state index is 13.0. The van der Waals surface area contributed by atoms with Crippen molar-refractivity contribution < 1.29 is 23.0 Å². The first-order chi connectivity index (χ1) is 15.5. The van der Waals surface area contributed by atoms with E-state index >= 15 is 0 Å². The van der Waals surface area contributed by atoms with Crippen molar-refractivity contribution in [3.8, 4) is 22.8 Å². The minimum absolute atomic E-state index is 0.0444. The normalized spacial score (nSPS) is 11.1. The van der Waals surface area contributed by atoms with E-state index < -0.39 is 5.97 Å². The SMILES string of the molecule is CC(C)c1ccc(-c2noc(COC(=O)CCc3nc(-c4ccc(F)cc4)no3)n2)cc1. The Kier molecular flexibility index (Phi) is 6.34. The highest BCUT2D eigenvalue weighted by atomic mass is 19.1. The summed E-state index contributed by atoms with van der Waals surface area (Å²) in [6.07, 6.45) is 0.257. The molecule has 0 bridgehead atoms. The van der Waals surface area contributed by atoms with Crippen LogP contribution in [0, 0.1) is 5.82 Å². The van der Waals surface area contributed by atoms with Crippen LogP contribution in [0.1, 0.15) is 43.5 Å².